The Balaban J connectivity index is 1.76. The fourth-order valence-corrected chi connectivity index (χ4v) is 4.04. The van der Waals surface area contributed by atoms with Crippen molar-refractivity contribution in [1.82, 2.24) is 14.7 Å². The Morgan fingerprint density at radius 2 is 1.88 bits per heavy atom. The molecule has 138 valence electrons. The Kier molecular flexibility index (Phi) is 4.84. The summed E-state index contributed by atoms with van der Waals surface area (Å²) in [5.74, 6) is 0.628. The standard InChI is InChI=1S/C22H29N3O/c1-16(2)15-24(17-13-14-17)22(26)21-19-11-7-4-8-12-20(19)25(23-21)18-9-5-3-6-10-18/h3,5-6,9-10,16-17H,4,7-8,11-15H2,1-2H3. The lowest BCUT2D eigenvalue weighted by molar-refractivity contribution is 0.0715. The summed E-state index contributed by atoms with van der Waals surface area (Å²) >= 11 is 0. The smallest absolute Gasteiger partial charge is 0.274 e. The highest BCUT2D eigenvalue weighted by Gasteiger charge is 2.36. The van der Waals surface area contributed by atoms with Gasteiger partial charge in [-0.25, -0.2) is 4.68 Å². The molecule has 4 nitrogen and oxygen atoms in total. The fourth-order valence-electron chi connectivity index (χ4n) is 4.04. The van der Waals surface area contributed by atoms with Crippen LogP contribution in [0.1, 0.15) is 67.7 Å². The van der Waals surface area contributed by atoms with E-state index in [-0.39, 0.29) is 5.91 Å². The van der Waals surface area contributed by atoms with Crippen molar-refractivity contribution in [2.75, 3.05) is 6.54 Å². The molecule has 0 N–H and O–H groups in total. The molecule has 2 aliphatic carbocycles. The predicted octanol–water partition coefficient (Wildman–Crippen LogP) is 4.40. The molecule has 0 aliphatic heterocycles. The summed E-state index contributed by atoms with van der Waals surface area (Å²) in [5, 5.41) is 4.87. The van der Waals surface area contributed by atoms with Gasteiger partial charge in [0.2, 0.25) is 0 Å². The summed E-state index contributed by atoms with van der Waals surface area (Å²) < 4.78 is 2.04. The van der Waals surface area contributed by atoms with Crippen molar-refractivity contribution in [2.24, 2.45) is 5.92 Å². The summed E-state index contributed by atoms with van der Waals surface area (Å²) in [6, 6.07) is 10.7. The van der Waals surface area contributed by atoms with Crippen LogP contribution in [0.4, 0.5) is 0 Å². The van der Waals surface area contributed by atoms with Gasteiger partial charge in [0.1, 0.15) is 0 Å². The lowest BCUT2D eigenvalue weighted by Crippen LogP contribution is -2.36. The van der Waals surface area contributed by atoms with Gasteiger partial charge >= 0.3 is 0 Å². The second kappa shape index (κ2) is 7.26. The summed E-state index contributed by atoms with van der Waals surface area (Å²) in [6.07, 6.45) is 7.83. The molecule has 1 aromatic carbocycles. The molecular weight excluding hydrogens is 322 g/mol. The van der Waals surface area contributed by atoms with Gasteiger partial charge in [-0.05, 0) is 56.6 Å². The van der Waals surface area contributed by atoms with Gasteiger partial charge in [-0.15, -0.1) is 0 Å². The lowest BCUT2D eigenvalue weighted by Gasteiger charge is -2.24. The highest BCUT2D eigenvalue weighted by Crippen LogP contribution is 2.32. The number of carbonyl (C=O) groups is 1. The van der Waals surface area contributed by atoms with Gasteiger partial charge in [0.15, 0.2) is 5.69 Å². The third-order valence-corrected chi connectivity index (χ3v) is 5.44. The van der Waals surface area contributed by atoms with Crippen molar-refractivity contribution >= 4 is 5.91 Å². The molecule has 1 saturated carbocycles. The number of benzene rings is 1. The van der Waals surface area contributed by atoms with E-state index in [0.29, 0.717) is 17.7 Å². The van der Waals surface area contributed by atoms with Crippen LogP contribution in [0.15, 0.2) is 30.3 Å². The van der Waals surface area contributed by atoms with E-state index >= 15 is 0 Å². The Bertz CT molecular complexity index is 774. The molecule has 0 spiro atoms. The Morgan fingerprint density at radius 1 is 1.15 bits per heavy atom. The molecule has 1 heterocycles. The maximum absolute atomic E-state index is 13.4. The molecule has 4 heteroatoms. The number of hydrogen-bond acceptors (Lipinski definition) is 2. The van der Waals surface area contributed by atoms with Gasteiger partial charge in [-0.3, -0.25) is 4.79 Å². The van der Waals surface area contributed by atoms with Gasteiger partial charge < -0.3 is 4.90 Å². The fraction of sp³-hybridized carbons (Fsp3) is 0.545. The van der Waals surface area contributed by atoms with Gasteiger partial charge in [0.05, 0.1) is 5.69 Å². The molecule has 1 aromatic heterocycles. The van der Waals surface area contributed by atoms with Crippen molar-refractivity contribution in [1.29, 1.82) is 0 Å². The number of aromatic nitrogens is 2. The first-order valence-corrected chi connectivity index (χ1v) is 10.1. The van der Waals surface area contributed by atoms with Crippen LogP contribution in [-0.4, -0.2) is 33.2 Å². The van der Waals surface area contributed by atoms with E-state index in [2.05, 4.69) is 30.9 Å². The first-order valence-electron chi connectivity index (χ1n) is 10.1. The normalized spacial score (nSPS) is 17.0. The second-order valence-electron chi connectivity index (χ2n) is 8.16. The summed E-state index contributed by atoms with van der Waals surface area (Å²) in [6.45, 7) is 5.20. The highest BCUT2D eigenvalue weighted by atomic mass is 16.2. The molecule has 4 rings (SSSR count). The zero-order chi connectivity index (χ0) is 18.1. The number of rotatable bonds is 5. The average molecular weight is 351 g/mol. The second-order valence-corrected chi connectivity index (χ2v) is 8.16. The number of fused-ring (bicyclic) bond motifs is 1. The molecule has 0 radical (unpaired) electrons. The van der Waals surface area contributed by atoms with E-state index in [1.165, 1.54) is 24.1 Å². The van der Waals surface area contributed by atoms with Crippen LogP contribution in [0.25, 0.3) is 5.69 Å². The topological polar surface area (TPSA) is 38.1 Å². The zero-order valence-electron chi connectivity index (χ0n) is 15.9. The molecule has 0 saturated heterocycles. The van der Waals surface area contributed by atoms with E-state index in [1.54, 1.807) is 0 Å². The summed E-state index contributed by atoms with van der Waals surface area (Å²) in [5.41, 5.74) is 4.22. The molecular formula is C22H29N3O. The first kappa shape index (κ1) is 17.3. The maximum Gasteiger partial charge on any atom is 0.274 e. The van der Waals surface area contributed by atoms with Gasteiger partial charge in [0.25, 0.3) is 5.91 Å². The molecule has 2 aliphatic rings. The molecule has 1 amide bonds. The molecule has 2 aromatic rings. The maximum atomic E-state index is 13.4. The molecule has 26 heavy (non-hydrogen) atoms. The SMILES string of the molecule is CC(C)CN(C(=O)c1nn(-c2ccccc2)c2c1CCCCC2)C1CC1. The number of amides is 1. The third-order valence-electron chi connectivity index (χ3n) is 5.44. The van der Waals surface area contributed by atoms with E-state index < -0.39 is 0 Å². The summed E-state index contributed by atoms with van der Waals surface area (Å²) in [4.78, 5) is 15.5. The van der Waals surface area contributed by atoms with Gasteiger partial charge in [-0.2, -0.15) is 5.10 Å². The minimum atomic E-state index is 0.147. The third kappa shape index (κ3) is 3.42. The predicted molar refractivity (Wildman–Crippen MR) is 104 cm³/mol. The van der Waals surface area contributed by atoms with Crippen LogP contribution >= 0.6 is 0 Å². The Labute approximate surface area is 156 Å². The van der Waals surface area contributed by atoms with Crippen LogP contribution in [0, 0.1) is 5.92 Å². The van der Waals surface area contributed by atoms with Crippen LogP contribution in [0.5, 0.6) is 0 Å². The van der Waals surface area contributed by atoms with Gasteiger partial charge in [-0.1, -0.05) is 38.5 Å². The van der Waals surface area contributed by atoms with Crippen molar-refractivity contribution in [3.05, 3.63) is 47.3 Å². The molecule has 1 fully saturated rings. The van der Waals surface area contributed by atoms with E-state index in [1.807, 2.05) is 22.9 Å². The van der Waals surface area contributed by atoms with E-state index in [4.69, 9.17) is 5.10 Å². The average Bonchev–Trinajstić information content (AvgIpc) is 3.45. The van der Waals surface area contributed by atoms with Crippen LogP contribution in [0.3, 0.4) is 0 Å². The Morgan fingerprint density at radius 3 is 2.58 bits per heavy atom. The summed E-state index contributed by atoms with van der Waals surface area (Å²) in [7, 11) is 0. The first-order chi connectivity index (χ1) is 12.6. The number of nitrogens with zero attached hydrogens (tertiary/aromatic N) is 3. The van der Waals surface area contributed by atoms with Crippen molar-refractivity contribution < 1.29 is 4.79 Å². The lowest BCUT2D eigenvalue weighted by atomic mass is 10.1. The minimum absolute atomic E-state index is 0.147. The van der Waals surface area contributed by atoms with Crippen LogP contribution < -0.4 is 0 Å². The van der Waals surface area contributed by atoms with Crippen LogP contribution in [0.2, 0.25) is 0 Å². The van der Waals surface area contributed by atoms with E-state index in [9.17, 15) is 4.79 Å². The van der Waals surface area contributed by atoms with Crippen LogP contribution in [-0.2, 0) is 12.8 Å². The monoisotopic (exact) mass is 351 g/mol. The zero-order valence-corrected chi connectivity index (χ0v) is 15.9. The van der Waals surface area contributed by atoms with Crippen molar-refractivity contribution in [2.45, 2.75) is 64.8 Å². The largest absolute Gasteiger partial charge is 0.334 e. The number of para-hydroxylation sites is 1. The highest BCUT2D eigenvalue weighted by molar-refractivity contribution is 5.94. The minimum Gasteiger partial charge on any atom is -0.334 e. The van der Waals surface area contributed by atoms with E-state index in [0.717, 1.165) is 44.3 Å². The van der Waals surface area contributed by atoms with Crippen molar-refractivity contribution in [3.63, 3.8) is 0 Å². The van der Waals surface area contributed by atoms with Crippen molar-refractivity contribution in [3.8, 4) is 5.69 Å². The quantitative estimate of drug-likeness (QED) is 0.749. The molecule has 0 bridgehead atoms. The molecule has 0 atom stereocenters. The molecule has 0 unspecified atom stereocenters. The Hall–Kier alpha value is -2.10. The number of carbonyl (C=O) groups excluding carboxylic acids is 1. The van der Waals surface area contributed by atoms with Gasteiger partial charge in [0, 0.05) is 23.8 Å². The number of hydrogen-bond donors (Lipinski definition) is 0.